The summed E-state index contributed by atoms with van der Waals surface area (Å²) < 4.78 is 19.3. The van der Waals surface area contributed by atoms with E-state index < -0.39 is 0 Å². The summed E-state index contributed by atoms with van der Waals surface area (Å²) in [5.41, 5.74) is 2.17. The first-order chi connectivity index (χ1) is 7.66. The number of morpholine rings is 1. The summed E-state index contributed by atoms with van der Waals surface area (Å²) in [5, 5.41) is 0. The third-order valence-electron chi connectivity index (χ3n) is 2.87. The topological polar surface area (TPSA) is 12.5 Å². The molecule has 0 N–H and O–H groups in total. The van der Waals surface area contributed by atoms with Crippen molar-refractivity contribution >= 4 is 15.9 Å². The molecule has 1 aliphatic heterocycles. The Morgan fingerprint density at radius 1 is 1.38 bits per heavy atom. The van der Waals surface area contributed by atoms with E-state index in [1.165, 1.54) is 11.6 Å². The van der Waals surface area contributed by atoms with Gasteiger partial charge in [-0.05, 0) is 30.2 Å². The molecule has 0 aliphatic carbocycles. The third kappa shape index (κ3) is 2.81. The molecule has 16 heavy (non-hydrogen) atoms. The zero-order valence-electron chi connectivity index (χ0n) is 9.30. The van der Waals surface area contributed by atoms with Gasteiger partial charge in [-0.2, -0.15) is 0 Å². The molecule has 0 atom stereocenters. The van der Waals surface area contributed by atoms with Gasteiger partial charge in [0.1, 0.15) is 5.82 Å². The molecular weight excluding hydrogens is 273 g/mol. The van der Waals surface area contributed by atoms with Crippen molar-refractivity contribution in [2.24, 2.45) is 0 Å². The Labute approximate surface area is 104 Å². The van der Waals surface area contributed by atoms with Crippen molar-refractivity contribution in [1.82, 2.24) is 4.90 Å². The molecule has 1 heterocycles. The molecule has 0 amide bonds. The lowest BCUT2D eigenvalue weighted by atomic mass is 10.1. The van der Waals surface area contributed by atoms with Crippen LogP contribution in [0.1, 0.15) is 11.1 Å². The van der Waals surface area contributed by atoms with Crippen LogP contribution in [0.25, 0.3) is 0 Å². The fourth-order valence-corrected chi connectivity index (χ4v) is 2.57. The van der Waals surface area contributed by atoms with Crippen LogP contribution in [0, 0.1) is 12.7 Å². The minimum atomic E-state index is -0.185. The van der Waals surface area contributed by atoms with E-state index >= 15 is 0 Å². The van der Waals surface area contributed by atoms with Crippen molar-refractivity contribution in [1.29, 1.82) is 0 Å². The van der Waals surface area contributed by atoms with E-state index in [0.717, 1.165) is 42.9 Å². The first-order valence-corrected chi connectivity index (χ1v) is 6.21. The molecule has 88 valence electrons. The van der Waals surface area contributed by atoms with E-state index in [0.29, 0.717) is 0 Å². The molecule has 0 radical (unpaired) electrons. The number of rotatable bonds is 2. The van der Waals surface area contributed by atoms with Crippen molar-refractivity contribution in [3.8, 4) is 0 Å². The second-order valence-corrected chi connectivity index (χ2v) is 4.93. The van der Waals surface area contributed by atoms with Crippen molar-refractivity contribution in [2.45, 2.75) is 13.5 Å². The van der Waals surface area contributed by atoms with Crippen molar-refractivity contribution in [3.63, 3.8) is 0 Å². The molecule has 2 nitrogen and oxygen atoms in total. The van der Waals surface area contributed by atoms with Gasteiger partial charge < -0.3 is 4.74 Å². The highest BCUT2D eigenvalue weighted by atomic mass is 79.9. The fraction of sp³-hybridized carbons (Fsp3) is 0.500. The Balaban J connectivity index is 2.14. The summed E-state index contributed by atoms with van der Waals surface area (Å²) in [6.07, 6.45) is 0. The lowest BCUT2D eigenvalue weighted by Crippen LogP contribution is -2.35. The average Bonchev–Trinajstić information content (AvgIpc) is 2.25. The number of aryl methyl sites for hydroxylation is 1. The van der Waals surface area contributed by atoms with Gasteiger partial charge in [0.25, 0.3) is 0 Å². The van der Waals surface area contributed by atoms with Crippen molar-refractivity contribution in [3.05, 3.63) is 33.5 Å². The van der Waals surface area contributed by atoms with Gasteiger partial charge in [0, 0.05) is 24.1 Å². The molecule has 0 spiro atoms. The van der Waals surface area contributed by atoms with Crippen LogP contribution in [-0.2, 0) is 11.3 Å². The maximum absolute atomic E-state index is 13.1. The summed E-state index contributed by atoms with van der Waals surface area (Å²) >= 11 is 3.43. The predicted octanol–water partition coefficient (Wildman–Crippen LogP) is 2.73. The number of halogens is 2. The maximum atomic E-state index is 13.1. The van der Waals surface area contributed by atoms with E-state index in [4.69, 9.17) is 4.74 Å². The average molecular weight is 288 g/mol. The predicted molar refractivity (Wildman–Crippen MR) is 64.9 cm³/mol. The van der Waals surface area contributed by atoms with Gasteiger partial charge in [-0.3, -0.25) is 4.90 Å². The van der Waals surface area contributed by atoms with Gasteiger partial charge in [0.2, 0.25) is 0 Å². The van der Waals surface area contributed by atoms with Crippen LogP contribution < -0.4 is 0 Å². The summed E-state index contributed by atoms with van der Waals surface area (Å²) in [7, 11) is 0. The molecule has 4 heteroatoms. The molecule has 1 aromatic carbocycles. The highest BCUT2D eigenvalue weighted by Crippen LogP contribution is 2.23. The van der Waals surface area contributed by atoms with Crippen LogP contribution in [0.3, 0.4) is 0 Å². The van der Waals surface area contributed by atoms with E-state index in [9.17, 15) is 4.39 Å². The van der Waals surface area contributed by atoms with Crippen molar-refractivity contribution < 1.29 is 9.13 Å². The summed E-state index contributed by atoms with van der Waals surface area (Å²) in [6.45, 7) is 6.28. The normalized spacial score (nSPS) is 17.7. The lowest BCUT2D eigenvalue weighted by molar-refractivity contribution is 0.0340. The molecule has 1 aliphatic rings. The summed E-state index contributed by atoms with van der Waals surface area (Å²) in [6, 6.07) is 3.11. The zero-order chi connectivity index (χ0) is 11.5. The van der Waals surface area contributed by atoms with Crippen LogP contribution >= 0.6 is 15.9 Å². The van der Waals surface area contributed by atoms with Crippen LogP contribution in [0.15, 0.2) is 16.6 Å². The lowest BCUT2D eigenvalue weighted by Gasteiger charge is -2.27. The van der Waals surface area contributed by atoms with Gasteiger partial charge in [0.15, 0.2) is 0 Å². The Kier molecular flexibility index (Phi) is 3.95. The number of benzene rings is 1. The maximum Gasteiger partial charge on any atom is 0.124 e. The van der Waals surface area contributed by atoms with Gasteiger partial charge >= 0.3 is 0 Å². The molecule has 1 aromatic rings. The molecule has 0 bridgehead atoms. The Morgan fingerprint density at radius 3 is 2.69 bits per heavy atom. The van der Waals surface area contributed by atoms with Gasteiger partial charge in [-0.1, -0.05) is 15.9 Å². The first kappa shape index (κ1) is 12.0. The van der Waals surface area contributed by atoms with E-state index in [-0.39, 0.29) is 5.82 Å². The minimum absolute atomic E-state index is 0.185. The Hall–Kier alpha value is -0.450. The molecule has 1 fully saturated rings. The smallest absolute Gasteiger partial charge is 0.124 e. The molecule has 0 saturated carbocycles. The zero-order valence-corrected chi connectivity index (χ0v) is 10.9. The molecular formula is C12H15BrFNO. The highest BCUT2D eigenvalue weighted by Gasteiger charge is 2.14. The molecule has 0 unspecified atom stereocenters. The van der Waals surface area contributed by atoms with Crippen LogP contribution in [0.2, 0.25) is 0 Å². The second kappa shape index (κ2) is 5.25. The van der Waals surface area contributed by atoms with Crippen molar-refractivity contribution in [2.75, 3.05) is 26.3 Å². The quantitative estimate of drug-likeness (QED) is 0.829. The largest absolute Gasteiger partial charge is 0.379 e. The van der Waals surface area contributed by atoms with E-state index in [1.807, 2.05) is 6.92 Å². The van der Waals surface area contributed by atoms with Crippen LogP contribution in [0.4, 0.5) is 4.39 Å². The van der Waals surface area contributed by atoms with Gasteiger partial charge in [0.05, 0.1) is 13.2 Å². The number of nitrogens with zero attached hydrogens (tertiary/aromatic N) is 1. The van der Waals surface area contributed by atoms with Gasteiger partial charge in [-0.15, -0.1) is 0 Å². The second-order valence-electron chi connectivity index (χ2n) is 4.07. The fourth-order valence-electron chi connectivity index (χ4n) is 1.92. The Bertz CT molecular complexity index is 354. The summed E-state index contributed by atoms with van der Waals surface area (Å²) in [4.78, 5) is 2.33. The van der Waals surface area contributed by atoms with Crippen LogP contribution in [0.5, 0.6) is 0 Å². The highest BCUT2D eigenvalue weighted by molar-refractivity contribution is 9.10. The number of hydrogen-bond donors (Lipinski definition) is 0. The third-order valence-corrected chi connectivity index (χ3v) is 3.58. The first-order valence-electron chi connectivity index (χ1n) is 5.41. The number of hydrogen-bond acceptors (Lipinski definition) is 2. The Morgan fingerprint density at radius 2 is 2.06 bits per heavy atom. The SMILES string of the molecule is Cc1cc(F)cc(Br)c1CN1CCOCC1. The monoisotopic (exact) mass is 287 g/mol. The van der Waals surface area contributed by atoms with E-state index in [2.05, 4.69) is 20.8 Å². The molecule has 2 rings (SSSR count). The van der Waals surface area contributed by atoms with Gasteiger partial charge in [-0.25, -0.2) is 4.39 Å². The number of ether oxygens (including phenoxy) is 1. The molecule has 1 saturated heterocycles. The van der Waals surface area contributed by atoms with Crippen LogP contribution in [-0.4, -0.2) is 31.2 Å². The molecule has 0 aromatic heterocycles. The minimum Gasteiger partial charge on any atom is -0.379 e. The van der Waals surface area contributed by atoms with E-state index in [1.54, 1.807) is 6.07 Å². The summed E-state index contributed by atoms with van der Waals surface area (Å²) in [5.74, 6) is -0.185. The standard InChI is InChI=1S/C12H15BrFNO/c1-9-6-10(14)7-12(13)11(9)8-15-2-4-16-5-3-15/h6-7H,2-5,8H2,1H3.